The molecule has 3 rings (SSSR count). The van der Waals surface area contributed by atoms with Crippen LogP contribution in [0.15, 0.2) is 60.1 Å². The van der Waals surface area contributed by atoms with E-state index in [1.54, 1.807) is 23.6 Å². The van der Waals surface area contributed by atoms with Crippen molar-refractivity contribution in [2.45, 2.75) is 18.6 Å². The maximum atomic E-state index is 11.5. The first-order valence-electron chi connectivity index (χ1n) is 8.97. The second-order valence-electron chi connectivity index (χ2n) is 6.69. The fourth-order valence-corrected chi connectivity index (χ4v) is 4.19. The Balaban J connectivity index is 1.71. The van der Waals surface area contributed by atoms with Crippen LogP contribution in [0.4, 0.5) is 5.69 Å². The molecule has 154 valence electrons. The van der Waals surface area contributed by atoms with E-state index in [9.17, 15) is 18.6 Å². The van der Waals surface area contributed by atoms with Crippen molar-refractivity contribution in [2.75, 3.05) is 17.5 Å². The minimum Gasteiger partial charge on any atom is -0.506 e. The van der Waals surface area contributed by atoms with Crippen molar-refractivity contribution in [1.82, 2.24) is 10.3 Å². The van der Waals surface area contributed by atoms with E-state index in [0.29, 0.717) is 5.56 Å². The predicted molar refractivity (Wildman–Crippen MR) is 115 cm³/mol. The van der Waals surface area contributed by atoms with Gasteiger partial charge in [-0.2, -0.15) is 0 Å². The monoisotopic (exact) mass is 433 g/mol. The molecule has 2 unspecified atom stereocenters. The molecular weight excluding hydrogens is 410 g/mol. The van der Waals surface area contributed by atoms with E-state index in [0.717, 1.165) is 23.2 Å². The molecule has 3 aromatic rings. The Kier molecular flexibility index (Phi) is 6.86. The van der Waals surface area contributed by atoms with Crippen LogP contribution in [-0.4, -0.2) is 36.4 Å². The first-order chi connectivity index (χ1) is 13.8. The molecule has 0 saturated carbocycles. The number of sulfonamides is 1. The molecule has 0 amide bonds. The van der Waals surface area contributed by atoms with Crippen LogP contribution in [0.5, 0.6) is 5.75 Å². The second kappa shape index (κ2) is 9.36. The zero-order chi connectivity index (χ0) is 20.9. The fraction of sp³-hybridized carbons (Fsp3) is 0.250. The van der Waals surface area contributed by atoms with E-state index < -0.39 is 16.1 Å². The van der Waals surface area contributed by atoms with Gasteiger partial charge in [-0.3, -0.25) is 4.72 Å². The van der Waals surface area contributed by atoms with Gasteiger partial charge >= 0.3 is 0 Å². The lowest BCUT2D eigenvalue weighted by Gasteiger charge is -2.20. The topological polar surface area (TPSA) is 112 Å². The summed E-state index contributed by atoms with van der Waals surface area (Å²) in [5.41, 5.74) is 1.67. The summed E-state index contributed by atoms with van der Waals surface area (Å²) < 4.78 is 25.1. The van der Waals surface area contributed by atoms with Gasteiger partial charge in [0.2, 0.25) is 10.0 Å². The molecular formula is C20H23N3O4S2. The van der Waals surface area contributed by atoms with Crippen molar-refractivity contribution in [3.05, 3.63) is 76.2 Å². The van der Waals surface area contributed by atoms with Gasteiger partial charge in [0.15, 0.2) is 0 Å². The normalized spacial score (nSPS) is 13.7. The maximum Gasteiger partial charge on any atom is 0.229 e. The lowest BCUT2D eigenvalue weighted by molar-refractivity contribution is 0.169. The average Bonchev–Trinajstić information content (AvgIpc) is 3.21. The summed E-state index contributed by atoms with van der Waals surface area (Å²) in [5.74, 6) is -0.205. The standard InChI is InChI=1S/C20H23N3O4S2/c1-29(26,27)23-16-12-15(7-8-18(16)24)19(25)13-22-17(20-21-9-10-28-20)11-14-5-3-2-4-6-14/h2-10,12,17,19,22-25H,11,13H2,1H3. The van der Waals surface area contributed by atoms with Crippen LogP contribution >= 0.6 is 11.3 Å². The Morgan fingerprint density at radius 3 is 2.59 bits per heavy atom. The van der Waals surface area contributed by atoms with Gasteiger partial charge in [-0.25, -0.2) is 13.4 Å². The van der Waals surface area contributed by atoms with Crippen LogP contribution < -0.4 is 10.0 Å². The molecule has 0 aliphatic carbocycles. The molecule has 0 aliphatic heterocycles. The number of nitrogens with zero attached hydrogens (tertiary/aromatic N) is 1. The third-order valence-corrected chi connectivity index (χ3v) is 5.77. The van der Waals surface area contributed by atoms with Crippen molar-refractivity contribution >= 4 is 27.0 Å². The molecule has 9 heteroatoms. The molecule has 0 saturated heterocycles. The lowest BCUT2D eigenvalue weighted by atomic mass is 10.0. The highest BCUT2D eigenvalue weighted by Gasteiger charge is 2.18. The first-order valence-corrected chi connectivity index (χ1v) is 11.7. The number of hydrogen-bond donors (Lipinski definition) is 4. The van der Waals surface area contributed by atoms with Crippen LogP contribution in [0, 0.1) is 0 Å². The highest BCUT2D eigenvalue weighted by molar-refractivity contribution is 7.92. The van der Waals surface area contributed by atoms with Crippen molar-refractivity contribution in [2.24, 2.45) is 0 Å². The van der Waals surface area contributed by atoms with Gasteiger partial charge in [0, 0.05) is 18.1 Å². The Morgan fingerprint density at radius 1 is 1.17 bits per heavy atom. The Morgan fingerprint density at radius 2 is 1.93 bits per heavy atom. The van der Waals surface area contributed by atoms with Crippen molar-refractivity contribution < 1.29 is 18.6 Å². The Hall–Kier alpha value is -2.46. The number of phenols is 1. The van der Waals surface area contributed by atoms with Crippen LogP contribution in [0.3, 0.4) is 0 Å². The number of anilines is 1. The third-order valence-electron chi connectivity index (χ3n) is 4.29. The summed E-state index contributed by atoms with van der Waals surface area (Å²) >= 11 is 1.54. The highest BCUT2D eigenvalue weighted by Crippen LogP contribution is 2.28. The summed E-state index contributed by atoms with van der Waals surface area (Å²) in [6.45, 7) is 0.236. The largest absolute Gasteiger partial charge is 0.506 e. The fourth-order valence-electron chi connectivity index (χ4n) is 2.92. The quantitative estimate of drug-likeness (QED) is 0.386. The van der Waals surface area contributed by atoms with Gasteiger partial charge in [0.05, 0.1) is 24.1 Å². The second-order valence-corrected chi connectivity index (χ2v) is 9.36. The Labute approximate surface area is 174 Å². The predicted octanol–water partition coefficient (Wildman–Crippen LogP) is 2.83. The summed E-state index contributed by atoms with van der Waals surface area (Å²) in [4.78, 5) is 4.39. The van der Waals surface area contributed by atoms with E-state index in [1.807, 2.05) is 35.7 Å². The van der Waals surface area contributed by atoms with Gasteiger partial charge in [-0.15, -0.1) is 11.3 Å². The smallest absolute Gasteiger partial charge is 0.229 e. The van der Waals surface area contributed by atoms with Crippen LogP contribution in [0.2, 0.25) is 0 Å². The molecule has 4 N–H and O–H groups in total. The summed E-state index contributed by atoms with van der Waals surface area (Å²) in [7, 11) is -3.55. The summed E-state index contributed by atoms with van der Waals surface area (Å²) in [5, 5.41) is 26.6. The van der Waals surface area contributed by atoms with E-state index in [2.05, 4.69) is 15.0 Å². The molecule has 0 spiro atoms. The number of aliphatic hydroxyl groups is 1. The number of rotatable bonds is 9. The number of hydrogen-bond acceptors (Lipinski definition) is 7. The minimum atomic E-state index is -3.55. The van der Waals surface area contributed by atoms with Gasteiger partial charge in [-0.1, -0.05) is 36.4 Å². The molecule has 2 atom stereocenters. The number of aromatic hydroxyl groups is 1. The number of nitrogens with one attached hydrogen (secondary N) is 2. The summed E-state index contributed by atoms with van der Waals surface area (Å²) in [6, 6.07) is 14.3. The van der Waals surface area contributed by atoms with E-state index >= 15 is 0 Å². The van der Waals surface area contributed by atoms with E-state index in [4.69, 9.17) is 0 Å². The number of thiazole rings is 1. The van der Waals surface area contributed by atoms with Crippen LogP contribution in [0.25, 0.3) is 0 Å². The van der Waals surface area contributed by atoms with Crippen molar-refractivity contribution in [1.29, 1.82) is 0 Å². The zero-order valence-corrected chi connectivity index (χ0v) is 17.5. The molecule has 0 fully saturated rings. The number of aromatic nitrogens is 1. The number of benzene rings is 2. The minimum absolute atomic E-state index is 0.0322. The van der Waals surface area contributed by atoms with Gasteiger partial charge in [0.1, 0.15) is 10.8 Å². The lowest BCUT2D eigenvalue weighted by Crippen LogP contribution is -2.28. The average molecular weight is 434 g/mol. The van der Waals surface area contributed by atoms with Crippen LogP contribution in [-0.2, 0) is 16.4 Å². The molecule has 2 aromatic carbocycles. The van der Waals surface area contributed by atoms with Gasteiger partial charge in [0.25, 0.3) is 0 Å². The van der Waals surface area contributed by atoms with Gasteiger partial charge in [-0.05, 0) is 29.7 Å². The van der Waals surface area contributed by atoms with E-state index in [-0.39, 0.29) is 24.0 Å². The number of phenolic OH excluding ortho intramolecular Hbond substituents is 1. The van der Waals surface area contributed by atoms with Crippen molar-refractivity contribution in [3.8, 4) is 5.75 Å². The summed E-state index contributed by atoms with van der Waals surface area (Å²) in [6.07, 6.45) is 2.57. The molecule has 1 heterocycles. The van der Waals surface area contributed by atoms with Crippen LogP contribution in [0.1, 0.15) is 28.3 Å². The number of aliphatic hydroxyl groups excluding tert-OH is 1. The SMILES string of the molecule is CS(=O)(=O)Nc1cc(C(O)CNC(Cc2ccccc2)c2nccs2)ccc1O. The van der Waals surface area contributed by atoms with E-state index in [1.165, 1.54) is 12.1 Å². The molecule has 7 nitrogen and oxygen atoms in total. The molecule has 0 aliphatic rings. The van der Waals surface area contributed by atoms with Crippen molar-refractivity contribution in [3.63, 3.8) is 0 Å². The first kappa shape index (κ1) is 21.3. The molecule has 1 aromatic heterocycles. The molecule has 29 heavy (non-hydrogen) atoms. The zero-order valence-electron chi connectivity index (χ0n) is 15.8. The highest BCUT2D eigenvalue weighted by atomic mass is 32.2. The Bertz CT molecular complexity index is 1030. The third kappa shape index (κ3) is 6.26. The molecule has 0 radical (unpaired) electrons. The van der Waals surface area contributed by atoms with Gasteiger partial charge < -0.3 is 15.5 Å². The molecule has 0 bridgehead atoms. The maximum absolute atomic E-state index is 11.5.